The van der Waals surface area contributed by atoms with Gasteiger partial charge in [-0.2, -0.15) is 0 Å². The molecule has 0 radical (unpaired) electrons. The van der Waals surface area contributed by atoms with Gasteiger partial charge < -0.3 is 15.4 Å². The minimum absolute atomic E-state index is 0.138. The van der Waals surface area contributed by atoms with Crippen molar-refractivity contribution in [2.45, 2.75) is 63.6 Å². The molecule has 3 heteroatoms. The summed E-state index contributed by atoms with van der Waals surface area (Å²) in [5.41, 5.74) is 10.2. The van der Waals surface area contributed by atoms with E-state index >= 15 is 0 Å². The second kappa shape index (κ2) is 5.83. The predicted molar refractivity (Wildman–Crippen MR) is 110 cm³/mol. The van der Waals surface area contributed by atoms with Crippen LogP contribution >= 0.6 is 0 Å². The third-order valence-electron chi connectivity index (χ3n) is 7.09. The molecule has 3 aliphatic carbocycles. The van der Waals surface area contributed by atoms with E-state index in [2.05, 4.69) is 54.0 Å². The maximum Gasteiger partial charge on any atom is 0.0759 e. The first kappa shape index (κ1) is 17.3. The lowest BCUT2D eigenvalue weighted by Crippen LogP contribution is -2.41. The van der Waals surface area contributed by atoms with Crippen LogP contribution in [0.15, 0.2) is 30.3 Å². The Morgan fingerprint density at radius 3 is 2.67 bits per heavy atom. The van der Waals surface area contributed by atoms with Gasteiger partial charge in [-0.15, -0.1) is 0 Å². The lowest BCUT2D eigenvalue weighted by molar-refractivity contribution is 0.154. The molecule has 0 bridgehead atoms. The van der Waals surface area contributed by atoms with E-state index in [-0.39, 0.29) is 17.4 Å². The maximum absolute atomic E-state index is 10.6. The standard InChI is InChI=1S/C24H30N2O/c1-23(25)11-6-9-21-18(15-23)17-13-19-20(24(19,2)27)14-22(17)26(21)12-10-16-7-4-3-5-8-16/h3-5,7-8,13-14,19-20,27H,6,9-12,15,25H2,1-2H3. The summed E-state index contributed by atoms with van der Waals surface area (Å²) in [4.78, 5) is 0. The number of aliphatic hydroxyl groups is 1. The van der Waals surface area contributed by atoms with Gasteiger partial charge in [-0.05, 0) is 62.3 Å². The van der Waals surface area contributed by atoms with E-state index in [1.165, 1.54) is 27.4 Å². The van der Waals surface area contributed by atoms with Crippen molar-refractivity contribution in [3.63, 3.8) is 0 Å². The Morgan fingerprint density at radius 2 is 1.89 bits per heavy atom. The van der Waals surface area contributed by atoms with Crippen LogP contribution in [-0.2, 0) is 25.8 Å². The van der Waals surface area contributed by atoms with Crippen LogP contribution in [0.2, 0.25) is 0 Å². The first-order chi connectivity index (χ1) is 12.9. The Kier molecular flexibility index (Phi) is 3.73. The van der Waals surface area contributed by atoms with Crippen molar-refractivity contribution in [2.24, 2.45) is 17.6 Å². The third-order valence-corrected chi connectivity index (χ3v) is 7.09. The lowest BCUT2D eigenvalue weighted by atomic mass is 9.91. The molecular formula is C24H30N2O. The summed E-state index contributed by atoms with van der Waals surface area (Å²) in [5, 5.41) is 13.3. The largest absolute Gasteiger partial charge is 0.389 e. The van der Waals surface area contributed by atoms with Gasteiger partial charge in [-0.25, -0.2) is 0 Å². The highest BCUT2D eigenvalue weighted by Crippen LogP contribution is 2.53. The highest BCUT2D eigenvalue weighted by molar-refractivity contribution is 5.57. The Hall–Kier alpha value is -1.84. The van der Waals surface area contributed by atoms with Gasteiger partial charge in [0.1, 0.15) is 0 Å². The number of fused-ring (bicyclic) bond motifs is 4. The molecule has 1 saturated carbocycles. The van der Waals surface area contributed by atoms with Crippen LogP contribution in [-0.4, -0.2) is 20.8 Å². The van der Waals surface area contributed by atoms with Crippen molar-refractivity contribution < 1.29 is 5.11 Å². The molecule has 3 N–H and O–H groups in total. The highest BCUT2D eigenvalue weighted by atomic mass is 16.3. The zero-order chi connectivity index (χ0) is 18.8. The van der Waals surface area contributed by atoms with Crippen molar-refractivity contribution in [1.29, 1.82) is 0 Å². The molecule has 3 nitrogen and oxygen atoms in total. The Balaban J connectivity index is 1.61. The molecular weight excluding hydrogens is 332 g/mol. The fraction of sp³-hybridized carbons (Fsp3) is 0.500. The first-order valence-corrected chi connectivity index (χ1v) is 10.4. The number of nitrogens with two attached hydrogens (primary N) is 1. The molecule has 0 saturated heterocycles. The quantitative estimate of drug-likeness (QED) is 0.820. The number of hydrogen-bond donors (Lipinski definition) is 2. The van der Waals surface area contributed by atoms with Crippen molar-refractivity contribution >= 4 is 12.2 Å². The average molecular weight is 363 g/mol. The molecule has 1 aromatic heterocycles. The van der Waals surface area contributed by atoms with Crippen molar-refractivity contribution in [1.82, 2.24) is 4.57 Å². The third kappa shape index (κ3) is 2.79. The van der Waals surface area contributed by atoms with Crippen molar-refractivity contribution in [2.75, 3.05) is 0 Å². The molecule has 4 unspecified atom stereocenters. The second-order valence-corrected chi connectivity index (χ2v) is 9.41. The SMILES string of the molecule is CC1(N)CCCc2c(c3c(n2CCc2ccccc2)=CC2C(C=3)C2(C)O)C1. The van der Waals surface area contributed by atoms with Gasteiger partial charge in [0.15, 0.2) is 0 Å². The lowest BCUT2D eigenvalue weighted by Gasteiger charge is -2.22. The zero-order valence-electron chi connectivity index (χ0n) is 16.4. The molecule has 5 rings (SSSR count). The molecule has 27 heavy (non-hydrogen) atoms. The zero-order valence-corrected chi connectivity index (χ0v) is 16.4. The summed E-state index contributed by atoms with van der Waals surface area (Å²) in [6, 6.07) is 10.7. The topological polar surface area (TPSA) is 51.2 Å². The Bertz CT molecular complexity index is 997. The number of aromatic nitrogens is 1. The van der Waals surface area contributed by atoms with Crippen molar-refractivity contribution in [3.8, 4) is 0 Å². The predicted octanol–water partition coefficient (Wildman–Crippen LogP) is 1.90. The first-order valence-electron chi connectivity index (χ1n) is 10.4. The summed E-state index contributed by atoms with van der Waals surface area (Å²) in [6.07, 6.45) is 9.99. The molecule has 3 aliphatic rings. The molecule has 4 atom stereocenters. The van der Waals surface area contributed by atoms with Crippen LogP contribution in [0.4, 0.5) is 0 Å². The Labute approximate surface area is 161 Å². The molecule has 1 aromatic carbocycles. The number of hydrogen-bond acceptors (Lipinski definition) is 2. The van der Waals surface area contributed by atoms with E-state index in [1.54, 1.807) is 0 Å². The van der Waals surface area contributed by atoms with Gasteiger partial charge >= 0.3 is 0 Å². The summed E-state index contributed by atoms with van der Waals surface area (Å²) in [6.45, 7) is 5.16. The van der Waals surface area contributed by atoms with Crippen LogP contribution in [0, 0.1) is 11.8 Å². The van der Waals surface area contributed by atoms with Gasteiger partial charge in [0.2, 0.25) is 0 Å². The molecule has 0 aliphatic heterocycles. The van der Waals surface area contributed by atoms with Gasteiger partial charge in [-0.3, -0.25) is 0 Å². The van der Waals surface area contributed by atoms with E-state index in [0.29, 0.717) is 0 Å². The fourth-order valence-corrected chi connectivity index (χ4v) is 5.37. The van der Waals surface area contributed by atoms with E-state index in [1.807, 2.05) is 6.92 Å². The highest BCUT2D eigenvalue weighted by Gasteiger charge is 2.59. The second-order valence-electron chi connectivity index (χ2n) is 9.41. The molecule has 0 spiro atoms. The smallest absolute Gasteiger partial charge is 0.0759 e. The molecule has 1 fully saturated rings. The molecule has 2 aromatic rings. The maximum atomic E-state index is 10.6. The summed E-state index contributed by atoms with van der Waals surface area (Å²) >= 11 is 0. The number of rotatable bonds is 3. The van der Waals surface area contributed by atoms with Gasteiger partial charge in [0, 0.05) is 35.0 Å². The molecule has 142 valence electrons. The average Bonchev–Trinajstić information content (AvgIpc) is 3.12. The van der Waals surface area contributed by atoms with E-state index in [4.69, 9.17) is 5.73 Å². The minimum atomic E-state index is -0.576. The van der Waals surface area contributed by atoms with Crippen LogP contribution in [0.25, 0.3) is 12.2 Å². The molecule has 0 amide bonds. The van der Waals surface area contributed by atoms with Crippen LogP contribution in [0.1, 0.15) is 43.5 Å². The van der Waals surface area contributed by atoms with Crippen LogP contribution < -0.4 is 16.3 Å². The van der Waals surface area contributed by atoms with Crippen LogP contribution in [0.5, 0.6) is 0 Å². The summed E-state index contributed by atoms with van der Waals surface area (Å²) < 4.78 is 2.54. The van der Waals surface area contributed by atoms with Crippen LogP contribution in [0.3, 0.4) is 0 Å². The summed E-state index contributed by atoms with van der Waals surface area (Å²) in [5.74, 6) is 0.537. The van der Waals surface area contributed by atoms with E-state index in [0.717, 1.165) is 38.6 Å². The summed E-state index contributed by atoms with van der Waals surface area (Å²) in [7, 11) is 0. The van der Waals surface area contributed by atoms with Gasteiger partial charge in [0.25, 0.3) is 0 Å². The minimum Gasteiger partial charge on any atom is -0.389 e. The normalized spacial score (nSPS) is 33.8. The fourth-order valence-electron chi connectivity index (χ4n) is 5.37. The number of benzene rings is 1. The van der Waals surface area contributed by atoms with E-state index < -0.39 is 5.60 Å². The monoisotopic (exact) mass is 362 g/mol. The van der Waals surface area contributed by atoms with E-state index in [9.17, 15) is 5.11 Å². The van der Waals surface area contributed by atoms with Gasteiger partial charge in [0.05, 0.1) is 5.60 Å². The van der Waals surface area contributed by atoms with Crippen molar-refractivity contribution in [3.05, 3.63) is 57.7 Å². The van der Waals surface area contributed by atoms with Gasteiger partial charge in [-0.1, -0.05) is 42.5 Å². The number of aryl methyl sites for hydroxylation is 1. The number of nitrogens with zero attached hydrogens (tertiary/aromatic N) is 1. The Morgan fingerprint density at radius 1 is 1.15 bits per heavy atom. The molecule has 1 heterocycles.